The van der Waals surface area contributed by atoms with Crippen molar-refractivity contribution in [2.45, 2.75) is 32.4 Å². The molecule has 2 aliphatic rings. The summed E-state index contributed by atoms with van der Waals surface area (Å²) in [7, 11) is 1.70. The van der Waals surface area contributed by atoms with Crippen LogP contribution in [0.2, 0.25) is 0 Å². The number of piperidine rings is 1. The van der Waals surface area contributed by atoms with E-state index >= 15 is 0 Å². The number of likely N-dealkylation sites (tertiary alicyclic amines) is 1. The van der Waals surface area contributed by atoms with E-state index in [1.807, 2.05) is 29.7 Å². The average Bonchev–Trinajstić information content (AvgIpc) is 2.65. The van der Waals surface area contributed by atoms with Gasteiger partial charge in [0, 0.05) is 43.9 Å². The number of nitrogens with zero attached hydrogens (tertiary/aromatic N) is 2. The van der Waals surface area contributed by atoms with Crippen molar-refractivity contribution < 1.29 is 4.74 Å². The van der Waals surface area contributed by atoms with Crippen LogP contribution in [0.3, 0.4) is 0 Å². The fourth-order valence-corrected chi connectivity index (χ4v) is 4.59. The van der Waals surface area contributed by atoms with Gasteiger partial charge in [-0.1, -0.05) is 24.3 Å². The average molecular weight is 350 g/mol. The second kappa shape index (κ2) is 7.12. The molecule has 4 heteroatoms. The van der Waals surface area contributed by atoms with Gasteiger partial charge >= 0.3 is 0 Å². The van der Waals surface area contributed by atoms with Crippen LogP contribution in [0.1, 0.15) is 36.1 Å². The number of methoxy groups -OCH3 is 1. The minimum Gasteiger partial charge on any atom is -0.497 e. The number of allylic oxidation sites excluding steroid dienone is 1. The Kier molecular flexibility index (Phi) is 4.68. The number of ether oxygens (including phenoxy) is 1. The molecule has 2 aliphatic heterocycles. The fraction of sp³-hybridized carbons (Fsp3) is 0.409. The Morgan fingerprint density at radius 1 is 1.12 bits per heavy atom. The molecule has 0 N–H and O–H groups in total. The van der Waals surface area contributed by atoms with Crippen molar-refractivity contribution in [2.75, 3.05) is 20.2 Å². The van der Waals surface area contributed by atoms with Gasteiger partial charge in [-0.15, -0.1) is 0 Å². The van der Waals surface area contributed by atoms with Crippen LogP contribution >= 0.6 is 0 Å². The zero-order valence-electron chi connectivity index (χ0n) is 15.5. The lowest BCUT2D eigenvalue weighted by Gasteiger charge is -2.43. The highest BCUT2D eigenvalue weighted by atomic mass is 16.5. The molecule has 2 bridgehead atoms. The van der Waals surface area contributed by atoms with E-state index in [2.05, 4.69) is 29.2 Å². The molecule has 4 rings (SSSR count). The number of rotatable bonds is 4. The molecular formula is C22H26N2O2. The van der Waals surface area contributed by atoms with Gasteiger partial charge in [-0.3, -0.25) is 9.69 Å². The molecular weight excluding hydrogens is 324 g/mol. The summed E-state index contributed by atoms with van der Waals surface area (Å²) in [5.74, 6) is 1.88. The first-order chi connectivity index (χ1) is 12.7. The van der Waals surface area contributed by atoms with E-state index < -0.39 is 0 Å². The highest BCUT2D eigenvalue weighted by Gasteiger charge is 2.35. The Bertz CT molecular complexity index is 867. The number of aromatic nitrogens is 1. The maximum absolute atomic E-state index is 12.4. The Balaban J connectivity index is 1.59. The molecule has 2 atom stereocenters. The first-order valence-corrected chi connectivity index (χ1v) is 9.39. The predicted molar refractivity (Wildman–Crippen MR) is 105 cm³/mol. The molecule has 0 spiro atoms. The number of pyridine rings is 1. The minimum atomic E-state index is 0.145. The largest absolute Gasteiger partial charge is 0.497 e. The summed E-state index contributed by atoms with van der Waals surface area (Å²) < 4.78 is 7.28. The molecule has 4 nitrogen and oxygen atoms in total. The van der Waals surface area contributed by atoms with Gasteiger partial charge in [0.15, 0.2) is 0 Å². The van der Waals surface area contributed by atoms with Gasteiger partial charge in [-0.25, -0.2) is 0 Å². The molecule has 0 saturated carbocycles. The second-order valence-corrected chi connectivity index (χ2v) is 7.46. The Labute approximate surface area is 154 Å². The van der Waals surface area contributed by atoms with Gasteiger partial charge in [0.05, 0.1) is 7.11 Å². The Hall–Kier alpha value is -2.33. The van der Waals surface area contributed by atoms with Gasteiger partial charge in [0.25, 0.3) is 5.56 Å². The molecule has 0 radical (unpaired) electrons. The zero-order chi connectivity index (χ0) is 18.1. The lowest BCUT2D eigenvalue weighted by Crippen LogP contribution is -2.47. The topological polar surface area (TPSA) is 34.5 Å². The van der Waals surface area contributed by atoms with Crippen LogP contribution < -0.4 is 10.3 Å². The molecule has 136 valence electrons. The molecule has 1 saturated heterocycles. The van der Waals surface area contributed by atoms with Crippen molar-refractivity contribution in [3.05, 3.63) is 69.6 Å². The van der Waals surface area contributed by atoms with Gasteiger partial charge in [0.1, 0.15) is 5.75 Å². The molecule has 3 heterocycles. The monoisotopic (exact) mass is 350 g/mol. The summed E-state index contributed by atoms with van der Waals surface area (Å²) in [6.07, 6.45) is 5.38. The maximum Gasteiger partial charge on any atom is 0.250 e. The van der Waals surface area contributed by atoms with Crippen LogP contribution in [0, 0.1) is 5.92 Å². The van der Waals surface area contributed by atoms with Gasteiger partial charge in [-0.05, 0) is 48.6 Å². The van der Waals surface area contributed by atoms with Gasteiger partial charge < -0.3 is 9.30 Å². The Morgan fingerprint density at radius 2 is 1.92 bits per heavy atom. The summed E-state index contributed by atoms with van der Waals surface area (Å²) in [5.41, 5.74) is 3.88. The molecule has 1 aromatic carbocycles. The van der Waals surface area contributed by atoms with Crippen molar-refractivity contribution in [3.8, 4) is 5.75 Å². The first kappa shape index (κ1) is 17.1. The second-order valence-electron chi connectivity index (χ2n) is 7.46. The SMILES string of the molecule is CC=Cc1ccc(=O)n2c1C1CC(CN(Cc3ccc(OC)cc3)C1)C2. The van der Waals surface area contributed by atoms with Gasteiger partial charge in [-0.2, -0.15) is 0 Å². The quantitative estimate of drug-likeness (QED) is 0.846. The van der Waals surface area contributed by atoms with Crippen molar-refractivity contribution in [2.24, 2.45) is 5.92 Å². The summed E-state index contributed by atoms with van der Waals surface area (Å²) >= 11 is 0. The van der Waals surface area contributed by atoms with Crippen molar-refractivity contribution in [1.82, 2.24) is 9.47 Å². The van der Waals surface area contributed by atoms with Crippen LogP contribution in [0.4, 0.5) is 0 Å². The summed E-state index contributed by atoms with van der Waals surface area (Å²) in [5, 5.41) is 0. The highest BCUT2D eigenvalue weighted by Crippen LogP contribution is 2.37. The fourth-order valence-electron chi connectivity index (χ4n) is 4.59. The summed E-state index contributed by atoms with van der Waals surface area (Å²) in [6.45, 7) is 5.89. The lowest BCUT2D eigenvalue weighted by molar-refractivity contribution is 0.114. The van der Waals surface area contributed by atoms with Crippen molar-refractivity contribution in [1.29, 1.82) is 0 Å². The highest BCUT2D eigenvalue weighted by molar-refractivity contribution is 5.53. The van der Waals surface area contributed by atoms with Crippen molar-refractivity contribution >= 4 is 6.08 Å². The zero-order valence-corrected chi connectivity index (χ0v) is 15.5. The number of benzene rings is 1. The van der Waals surface area contributed by atoms with Crippen LogP contribution in [0.5, 0.6) is 5.75 Å². The van der Waals surface area contributed by atoms with E-state index in [9.17, 15) is 4.79 Å². The predicted octanol–water partition coefficient (Wildman–Crippen LogP) is 3.51. The third-order valence-corrected chi connectivity index (χ3v) is 5.61. The normalized spacial score (nSPS) is 22.4. The molecule has 0 aliphatic carbocycles. The third kappa shape index (κ3) is 3.21. The smallest absolute Gasteiger partial charge is 0.250 e. The molecule has 2 unspecified atom stereocenters. The van der Waals surface area contributed by atoms with E-state index in [1.54, 1.807) is 13.2 Å². The number of hydrogen-bond acceptors (Lipinski definition) is 3. The van der Waals surface area contributed by atoms with Crippen LogP contribution in [0.15, 0.2) is 47.3 Å². The standard InChI is InChI=1S/C22H26N2O2/c1-3-4-18-7-10-21(25)24-14-17-11-19(22(18)24)15-23(13-17)12-16-5-8-20(26-2)9-6-16/h3-10,17,19H,11-15H2,1-2H3. The van der Waals surface area contributed by atoms with Gasteiger partial charge in [0.2, 0.25) is 0 Å². The molecule has 1 aromatic heterocycles. The minimum absolute atomic E-state index is 0.145. The summed E-state index contributed by atoms with van der Waals surface area (Å²) in [6, 6.07) is 12.0. The van der Waals surface area contributed by atoms with E-state index in [1.165, 1.54) is 23.2 Å². The molecule has 2 aromatic rings. The summed E-state index contributed by atoms with van der Waals surface area (Å²) in [4.78, 5) is 14.9. The molecule has 0 amide bonds. The van der Waals surface area contributed by atoms with Crippen LogP contribution in [0.25, 0.3) is 6.08 Å². The van der Waals surface area contributed by atoms with E-state index in [0.717, 1.165) is 31.9 Å². The van der Waals surface area contributed by atoms with E-state index in [4.69, 9.17) is 4.74 Å². The Morgan fingerprint density at radius 3 is 2.65 bits per heavy atom. The third-order valence-electron chi connectivity index (χ3n) is 5.61. The molecule has 1 fully saturated rings. The number of fused-ring (bicyclic) bond motifs is 4. The van der Waals surface area contributed by atoms with Crippen LogP contribution in [-0.2, 0) is 13.1 Å². The van der Waals surface area contributed by atoms with Crippen molar-refractivity contribution in [3.63, 3.8) is 0 Å². The number of hydrogen-bond donors (Lipinski definition) is 0. The first-order valence-electron chi connectivity index (χ1n) is 9.39. The maximum atomic E-state index is 12.4. The van der Waals surface area contributed by atoms with E-state index in [-0.39, 0.29) is 5.56 Å². The van der Waals surface area contributed by atoms with E-state index in [0.29, 0.717) is 11.8 Å². The lowest BCUT2D eigenvalue weighted by atomic mass is 9.81. The van der Waals surface area contributed by atoms with Crippen LogP contribution in [-0.4, -0.2) is 29.7 Å². The molecule has 26 heavy (non-hydrogen) atoms.